The smallest absolute Gasteiger partial charge is 0.297 e. The van der Waals surface area contributed by atoms with Crippen molar-refractivity contribution in [3.05, 3.63) is 60.2 Å². The zero-order valence-electron chi connectivity index (χ0n) is 11.8. The van der Waals surface area contributed by atoms with Gasteiger partial charge >= 0.3 is 6.03 Å². The van der Waals surface area contributed by atoms with E-state index < -0.39 is 16.1 Å². The number of nitrogens with one attached hydrogen (secondary N) is 1. The van der Waals surface area contributed by atoms with E-state index in [-0.39, 0.29) is 4.90 Å². The zero-order valence-corrected chi connectivity index (χ0v) is 12.6. The van der Waals surface area contributed by atoms with Gasteiger partial charge in [0.2, 0.25) is 0 Å². The molecule has 0 saturated heterocycles. The summed E-state index contributed by atoms with van der Waals surface area (Å²) in [6, 6.07) is 14.4. The number of hydrogen-bond donors (Lipinski definition) is 1. The molecular formula is C15H16N2O3S. The first-order chi connectivity index (χ1) is 9.90. The summed E-state index contributed by atoms with van der Waals surface area (Å²) in [6.07, 6.45) is 0. The molecule has 21 heavy (non-hydrogen) atoms. The molecule has 0 heterocycles. The van der Waals surface area contributed by atoms with E-state index >= 15 is 0 Å². The van der Waals surface area contributed by atoms with Crippen LogP contribution in [0.5, 0.6) is 0 Å². The second-order valence-electron chi connectivity index (χ2n) is 4.62. The van der Waals surface area contributed by atoms with Crippen molar-refractivity contribution in [2.45, 2.75) is 11.8 Å². The van der Waals surface area contributed by atoms with E-state index in [4.69, 9.17) is 0 Å². The molecule has 6 heteroatoms. The average molecular weight is 304 g/mol. The van der Waals surface area contributed by atoms with Crippen LogP contribution in [0.3, 0.4) is 0 Å². The number of amides is 2. The highest BCUT2D eigenvalue weighted by Crippen LogP contribution is 2.13. The molecule has 0 aliphatic rings. The van der Waals surface area contributed by atoms with E-state index in [0.29, 0.717) is 5.69 Å². The van der Waals surface area contributed by atoms with Gasteiger partial charge < -0.3 is 0 Å². The van der Waals surface area contributed by atoms with E-state index in [2.05, 4.69) is 0 Å². The number of carbonyl (C=O) groups is 1. The summed E-state index contributed by atoms with van der Waals surface area (Å²) < 4.78 is 26.3. The number of urea groups is 1. The number of rotatable bonds is 3. The van der Waals surface area contributed by atoms with Crippen LogP contribution in [0.2, 0.25) is 0 Å². The Morgan fingerprint density at radius 3 is 2.14 bits per heavy atom. The van der Waals surface area contributed by atoms with E-state index in [1.165, 1.54) is 24.1 Å². The SMILES string of the molecule is Cc1ccc(S(=O)(=O)NC(=O)N(C)c2ccccc2)cc1. The van der Waals surface area contributed by atoms with Crippen LogP contribution in [-0.2, 0) is 10.0 Å². The molecule has 0 unspecified atom stereocenters. The van der Waals surface area contributed by atoms with Gasteiger partial charge in [0.1, 0.15) is 0 Å². The fourth-order valence-electron chi connectivity index (χ4n) is 1.73. The zero-order chi connectivity index (χ0) is 15.5. The first-order valence-corrected chi connectivity index (χ1v) is 7.81. The molecule has 2 aromatic rings. The molecule has 110 valence electrons. The highest BCUT2D eigenvalue weighted by molar-refractivity contribution is 7.90. The van der Waals surface area contributed by atoms with Crippen molar-refractivity contribution >= 4 is 21.7 Å². The van der Waals surface area contributed by atoms with Crippen LogP contribution in [-0.4, -0.2) is 21.5 Å². The van der Waals surface area contributed by atoms with E-state index in [0.717, 1.165) is 5.56 Å². The molecule has 1 N–H and O–H groups in total. The van der Waals surface area contributed by atoms with Crippen LogP contribution in [0.25, 0.3) is 0 Å². The van der Waals surface area contributed by atoms with Gasteiger partial charge in [-0.2, -0.15) is 0 Å². The maximum Gasteiger partial charge on any atom is 0.335 e. The monoisotopic (exact) mass is 304 g/mol. The van der Waals surface area contributed by atoms with E-state index in [1.54, 1.807) is 36.4 Å². The molecule has 0 spiro atoms. The minimum atomic E-state index is -3.87. The number of aryl methyl sites for hydroxylation is 1. The van der Waals surface area contributed by atoms with Crippen molar-refractivity contribution < 1.29 is 13.2 Å². The molecule has 0 aliphatic heterocycles. The molecule has 2 rings (SSSR count). The number of para-hydroxylation sites is 1. The molecule has 0 bridgehead atoms. The minimum Gasteiger partial charge on any atom is -0.297 e. The van der Waals surface area contributed by atoms with Gasteiger partial charge in [-0.25, -0.2) is 17.9 Å². The fourth-order valence-corrected chi connectivity index (χ4v) is 2.71. The summed E-state index contributed by atoms with van der Waals surface area (Å²) in [5.74, 6) is 0. The standard InChI is InChI=1S/C15H16N2O3S/c1-12-8-10-14(11-9-12)21(19,20)16-15(18)17(2)13-6-4-3-5-7-13/h3-11H,1-2H3,(H,16,18). The maximum absolute atomic E-state index is 12.1. The fraction of sp³-hybridized carbons (Fsp3) is 0.133. The van der Waals surface area contributed by atoms with Crippen molar-refractivity contribution in [2.75, 3.05) is 11.9 Å². The summed E-state index contributed by atoms with van der Waals surface area (Å²) in [5, 5.41) is 0. The van der Waals surface area contributed by atoms with Crippen molar-refractivity contribution in [3.63, 3.8) is 0 Å². The third-order valence-electron chi connectivity index (χ3n) is 3.00. The Morgan fingerprint density at radius 1 is 1.00 bits per heavy atom. The molecule has 0 atom stereocenters. The van der Waals surface area contributed by atoms with Gasteiger partial charge in [0.15, 0.2) is 0 Å². The number of nitrogens with zero attached hydrogens (tertiary/aromatic N) is 1. The van der Waals surface area contributed by atoms with Gasteiger partial charge in [-0.3, -0.25) is 4.90 Å². The second kappa shape index (κ2) is 5.97. The Morgan fingerprint density at radius 2 is 1.57 bits per heavy atom. The molecule has 2 aromatic carbocycles. The van der Waals surface area contributed by atoms with Crippen molar-refractivity contribution in [3.8, 4) is 0 Å². The van der Waals surface area contributed by atoms with Crippen LogP contribution in [0.15, 0.2) is 59.5 Å². The maximum atomic E-state index is 12.1. The Labute approximate surface area is 124 Å². The quantitative estimate of drug-likeness (QED) is 0.947. The number of hydrogen-bond acceptors (Lipinski definition) is 3. The lowest BCUT2D eigenvalue weighted by molar-refractivity contribution is 0.252. The third-order valence-corrected chi connectivity index (χ3v) is 4.34. The number of benzene rings is 2. The summed E-state index contributed by atoms with van der Waals surface area (Å²) in [6.45, 7) is 1.86. The number of anilines is 1. The summed E-state index contributed by atoms with van der Waals surface area (Å²) in [7, 11) is -2.36. The van der Waals surface area contributed by atoms with E-state index in [9.17, 15) is 13.2 Å². The number of sulfonamides is 1. The van der Waals surface area contributed by atoms with Crippen molar-refractivity contribution in [2.24, 2.45) is 0 Å². The molecule has 2 amide bonds. The van der Waals surface area contributed by atoms with Gasteiger partial charge in [0.25, 0.3) is 10.0 Å². The van der Waals surface area contributed by atoms with Gasteiger partial charge in [-0.05, 0) is 31.2 Å². The first-order valence-electron chi connectivity index (χ1n) is 6.32. The lowest BCUT2D eigenvalue weighted by Gasteiger charge is -2.18. The molecule has 0 aliphatic carbocycles. The Balaban J connectivity index is 2.17. The van der Waals surface area contributed by atoms with Gasteiger partial charge in [0, 0.05) is 12.7 Å². The van der Waals surface area contributed by atoms with Crippen molar-refractivity contribution in [1.29, 1.82) is 0 Å². The second-order valence-corrected chi connectivity index (χ2v) is 6.30. The van der Waals surface area contributed by atoms with Crippen LogP contribution in [0.1, 0.15) is 5.56 Å². The largest absolute Gasteiger partial charge is 0.335 e. The first kappa shape index (κ1) is 15.1. The summed E-state index contributed by atoms with van der Waals surface area (Å²) in [5.41, 5.74) is 1.55. The molecular weight excluding hydrogens is 288 g/mol. The van der Waals surface area contributed by atoms with Crippen LogP contribution in [0, 0.1) is 6.92 Å². The van der Waals surface area contributed by atoms with Gasteiger partial charge in [0.05, 0.1) is 4.90 Å². The highest BCUT2D eigenvalue weighted by Gasteiger charge is 2.20. The molecule has 0 fully saturated rings. The van der Waals surface area contributed by atoms with Crippen LogP contribution < -0.4 is 9.62 Å². The number of carbonyl (C=O) groups excluding carboxylic acids is 1. The molecule has 0 radical (unpaired) electrons. The predicted molar refractivity (Wildman–Crippen MR) is 81.7 cm³/mol. The Hall–Kier alpha value is -2.34. The molecule has 0 saturated carbocycles. The van der Waals surface area contributed by atoms with Gasteiger partial charge in [-0.15, -0.1) is 0 Å². The van der Waals surface area contributed by atoms with E-state index in [1.807, 2.05) is 17.7 Å². The molecule has 5 nitrogen and oxygen atoms in total. The lowest BCUT2D eigenvalue weighted by atomic mass is 10.2. The normalized spacial score (nSPS) is 11.0. The van der Waals surface area contributed by atoms with Gasteiger partial charge in [-0.1, -0.05) is 35.9 Å². The van der Waals surface area contributed by atoms with Crippen molar-refractivity contribution in [1.82, 2.24) is 4.72 Å². The minimum absolute atomic E-state index is 0.0583. The third kappa shape index (κ3) is 3.61. The highest BCUT2D eigenvalue weighted by atomic mass is 32.2. The summed E-state index contributed by atoms with van der Waals surface area (Å²) in [4.78, 5) is 13.3. The Kier molecular flexibility index (Phi) is 4.28. The Bertz CT molecular complexity index is 725. The molecule has 0 aromatic heterocycles. The summed E-state index contributed by atoms with van der Waals surface area (Å²) >= 11 is 0. The average Bonchev–Trinajstić information content (AvgIpc) is 2.47. The van der Waals surface area contributed by atoms with Crippen LogP contribution in [0.4, 0.5) is 10.5 Å². The topological polar surface area (TPSA) is 66.5 Å². The van der Waals surface area contributed by atoms with Crippen LogP contribution >= 0.6 is 0 Å². The predicted octanol–water partition coefficient (Wildman–Crippen LogP) is 2.53. The lowest BCUT2D eigenvalue weighted by Crippen LogP contribution is -2.40.